The highest BCUT2D eigenvalue weighted by molar-refractivity contribution is 7.10. The SMILES string of the molecule is COc1cc(C=NNC(=O)c2csc(C)c2)ccc1OCCN1CCCCC1. The maximum Gasteiger partial charge on any atom is 0.272 e. The molecule has 1 saturated heterocycles. The maximum absolute atomic E-state index is 12.0. The Hall–Kier alpha value is -2.38. The topological polar surface area (TPSA) is 63.2 Å². The first-order chi connectivity index (χ1) is 13.7. The lowest BCUT2D eigenvalue weighted by Gasteiger charge is -2.26. The van der Waals surface area contributed by atoms with Crippen molar-refractivity contribution in [2.45, 2.75) is 26.2 Å². The number of benzene rings is 1. The number of methoxy groups -OCH3 is 1. The lowest BCUT2D eigenvalue weighted by atomic mass is 10.1. The van der Waals surface area contributed by atoms with Gasteiger partial charge in [-0.3, -0.25) is 9.69 Å². The molecule has 1 N–H and O–H groups in total. The molecule has 1 aliphatic rings. The van der Waals surface area contributed by atoms with Crippen molar-refractivity contribution < 1.29 is 14.3 Å². The van der Waals surface area contributed by atoms with Crippen LogP contribution < -0.4 is 14.9 Å². The third kappa shape index (κ3) is 5.81. The third-order valence-electron chi connectivity index (χ3n) is 4.67. The first kappa shape index (κ1) is 20.4. The zero-order chi connectivity index (χ0) is 19.8. The van der Waals surface area contributed by atoms with Crippen LogP contribution in [0.25, 0.3) is 0 Å². The van der Waals surface area contributed by atoms with Gasteiger partial charge in [-0.2, -0.15) is 5.10 Å². The number of piperidine rings is 1. The lowest BCUT2D eigenvalue weighted by molar-refractivity contribution is 0.0955. The number of carbonyl (C=O) groups excluding carboxylic acids is 1. The largest absolute Gasteiger partial charge is 0.493 e. The molecule has 2 aromatic rings. The molecule has 0 bridgehead atoms. The average Bonchev–Trinajstić information content (AvgIpc) is 3.16. The second-order valence-corrected chi connectivity index (χ2v) is 7.92. The highest BCUT2D eigenvalue weighted by Crippen LogP contribution is 2.27. The van der Waals surface area contributed by atoms with Crippen LogP contribution in [0.3, 0.4) is 0 Å². The van der Waals surface area contributed by atoms with Crippen molar-refractivity contribution in [1.29, 1.82) is 0 Å². The van der Waals surface area contributed by atoms with E-state index in [4.69, 9.17) is 9.47 Å². The van der Waals surface area contributed by atoms with Gasteiger partial charge in [-0.05, 0) is 62.7 Å². The summed E-state index contributed by atoms with van der Waals surface area (Å²) in [6.07, 6.45) is 5.48. The van der Waals surface area contributed by atoms with Crippen LogP contribution in [0.2, 0.25) is 0 Å². The van der Waals surface area contributed by atoms with Crippen LogP contribution in [0.15, 0.2) is 34.7 Å². The van der Waals surface area contributed by atoms with E-state index in [9.17, 15) is 4.79 Å². The zero-order valence-corrected chi connectivity index (χ0v) is 17.3. The monoisotopic (exact) mass is 401 g/mol. The van der Waals surface area contributed by atoms with Gasteiger partial charge in [0.1, 0.15) is 6.61 Å². The van der Waals surface area contributed by atoms with E-state index in [0.29, 0.717) is 17.9 Å². The minimum atomic E-state index is -0.217. The Bertz CT molecular complexity index is 813. The molecular weight excluding hydrogens is 374 g/mol. The number of aryl methyl sites for hydroxylation is 1. The molecule has 3 rings (SSSR count). The van der Waals surface area contributed by atoms with Crippen LogP contribution in [0.5, 0.6) is 11.5 Å². The Morgan fingerprint density at radius 3 is 2.79 bits per heavy atom. The number of nitrogens with zero attached hydrogens (tertiary/aromatic N) is 2. The summed E-state index contributed by atoms with van der Waals surface area (Å²) in [5.41, 5.74) is 3.98. The molecule has 0 aliphatic carbocycles. The number of amides is 1. The number of hydrogen-bond donors (Lipinski definition) is 1. The zero-order valence-electron chi connectivity index (χ0n) is 16.4. The van der Waals surface area contributed by atoms with Crippen LogP contribution in [0, 0.1) is 6.92 Å². The molecule has 1 aromatic carbocycles. The fourth-order valence-corrected chi connectivity index (χ4v) is 3.83. The van der Waals surface area contributed by atoms with E-state index in [-0.39, 0.29) is 5.91 Å². The maximum atomic E-state index is 12.0. The third-order valence-corrected chi connectivity index (χ3v) is 5.54. The fraction of sp³-hybridized carbons (Fsp3) is 0.429. The summed E-state index contributed by atoms with van der Waals surface area (Å²) in [6, 6.07) is 7.46. The van der Waals surface area contributed by atoms with Gasteiger partial charge >= 0.3 is 0 Å². The van der Waals surface area contributed by atoms with E-state index in [2.05, 4.69) is 15.4 Å². The van der Waals surface area contributed by atoms with E-state index < -0.39 is 0 Å². The quantitative estimate of drug-likeness (QED) is 0.541. The van der Waals surface area contributed by atoms with Crippen LogP contribution in [0.4, 0.5) is 0 Å². The summed E-state index contributed by atoms with van der Waals surface area (Å²) < 4.78 is 11.4. The van der Waals surface area contributed by atoms with Gasteiger partial charge in [0, 0.05) is 16.8 Å². The van der Waals surface area contributed by atoms with Crippen molar-refractivity contribution in [3.05, 3.63) is 45.6 Å². The smallest absolute Gasteiger partial charge is 0.272 e. The molecule has 1 amide bonds. The van der Waals surface area contributed by atoms with Crippen molar-refractivity contribution in [2.75, 3.05) is 33.4 Å². The Kier molecular flexibility index (Phi) is 7.45. The second-order valence-electron chi connectivity index (χ2n) is 6.81. The molecule has 7 heteroatoms. The standard InChI is InChI=1S/C21H27N3O3S/c1-16-12-18(15-28-16)21(25)23-22-14-17-6-7-19(20(13-17)26-2)27-11-10-24-8-4-3-5-9-24/h6-7,12-15H,3-5,8-11H2,1-2H3,(H,23,25). The summed E-state index contributed by atoms with van der Waals surface area (Å²) in [6.45, 7) is 5.85. The molecule has 28 heavy (non-hydrogen) atoms. The molecular formula is C21H27N3O3S. The number of rotatable bonds is 8. The minimum Gasteiger partial charge on any atom is -0.493 e. The van der Waals surface area contributed by atoms with E-state index in [1.165, 1.54) is 30.6 Å². The van der Waals surface area contributed by atoms with Crippen molar-refractivity contribution in [2.24, 2.45) is 5.10 Å². The van der Waals surface area contributed by atoms with Crippen molar-refractivity contribution in [1.82, 2.24) is 10.3 Å². The van der Waals surface area contributed by atoms with Gasteiger partial charge in [0.2, 0.25) is 0 Å². The molecule has 1 fully saturated rings. The number of hydrogen-bond acceptors (Lipinski definition) is 6. The summed E-state index contributed by atoms with van der Waals surface area (Å²) in [7, 11) is 1.62. The van der Waals surface area contributed by atoms with Gasteiger partial charge in [-0.15, -0.1) is 11.3 Å². The Morgan fingerprint density at radius 2 is 2.07 bits per heavy atom. The average molecular weight is 402 g/mol. The number of carbonyl (C=O) groups is 1. The van der Waals surface area contributed by atoms with Crippen LogP contribution >= 0.6 is 11.3 Å². The highest BCUT2D eigenvalue weighted by atomic mass is 32.1. The summed E-state index contributed by atoms with van der Waals surface area (Å²) in [5, 5.41) is 5.85. The first-order valence-corrected chi connectivity index (χ1v) is 10.5. The summed E-state index contributed by atoms with van der Waals surface area (Å²) in [5.74, 6) is 1.15. The van der Waals surface area contributed by atoms with E-state index in [1.54, 1.807) is 13.3 Å². The molecule has 0 saturated carbocycles. The van der Waals surface area contributed by atoms with E-state index >= 15 is 0 Å². The van der Waals surface area contributed by atoms with Crippen molar-refractivity contribution >= 4 is 23.5 Å². The van der Waals surface area contributed by atoms with Crippen LogP contribution in [-0.4, -0.2) is 50.4 Å². The summed E-state index contributed by atoms with van der Waals surface area (Å²) in [4.78, 5) is 15.5. The van der Waals surface area contributed by atoms with Gasteiger partial charge in [0.15, 0.2) is 11.5 Å². The number of thiophene rings is 1. The van der Waals surface area contributed by atoms with Gasteiger partial charge in [0.05, 0.1) is 18.9 Å². The molecule has 0 spiro atoms. The van der Waals surface area contributed by atoms with Gasteiger partial charge in [-0.1, -0.05) is 6.42 Å². The molecule has 0 atom stereocenters. The van der Waals surface area contributed by atoms with E-state index in [1.807, 2.05) is 36.6 Å². The van der Waals surface area contributed by atoms with Gasteiger partial charge in [-0.25, -0.2) is 5.43 Å². The normalized spacial score (nSPS) is 14.9. The molecule has 6 nitrogen and oxygen atoms in total. The molecule has 1 aliphatic heterocycles. The van der Waals surface area contributed by atoms with E-state index in [0.717, 1.165) is 35.8 Å². The molecule has 0 unspecified atom stereocenters. The van der Waals surface area contributed by atoms with Crippen LogP contribution in [0.1, 0.15) is 40.1 Å². The van der Waals surface area contributed by atoms with Crippen LogP contribution in [-0.2, 0) is 0 Å². The Balaban J connectivity index is 1.52. The highest BCUT2D eigenvalue weighted by Gasteiger charge is 2.11. The van der Waals surface area contributed by atoms with Crippen molar-refractivity contribution in [3.63, 3.8) is 0 Å². The fourth-order valence-electron chi connectivity index (χ4n) is 3.14. The lowest BCUT2D eigenvalue weighted by Crippen LogP contribution is -2.33. The van der Waals surface area contributed by atoms with Gasteiger partial charge in [0.25, 0.3) is 5.91 Å². The van der Waals surface area contributed by atoms with Crippen molar-refractivity contribution in [3.8, 4) is 11.5 Å². The minimum absolute atomic E-state index is 0.217. The molecule has 150 valence electrons. The molecule has 2 heterocycles. The molecule has 0 radical (unpaired) electrons. The predicted molar refractivity (Wildman–Crippen MR) is 113 cm³/mol. The number of hydrazone groups is 1. The first-order valence-electron chi connectivity index (χ1n) is 9.57. The van der Waals surface area contributed by atoms with Gasteiger partial charge < -0.3 is 9.47 Å². The number of ether oxygens (including phenoxy) is 2. The second kappa shape index (κ2) is 10.2. The Labute approximate surface area is 170 Å². The Morgan fingerprint density at radius 1 is 1.25 bits per heavy atom. The number of likely N-dealkylation sites (tertiary alicyclic amines) is 1. The summed E-state index contributed by atoms with van der Waals surface area (Å²) >= 11 is 1.54. The number of nitrogens with one attached hydrogen (secondary N) is 1. The predicted octanol–water partition coefficient (Wildman–Crippen LogP) is 3.69. The molecule has 1 aromatic heterocycles.